The molecule has 2 aromatic rings. The van der Waals surface area contributed by atoms with Crippen molar-refractivity contribution in [3.63, 3.8) is 0 Å². The Hall–Kier alpha value is -1.90. The number of allylic oxidation sites excluding steroid dienone is 1. The predicted molar refractivity (Wildman–Crippen MR) is 75.0 cm³/mol. The number of hydrogen-bond acceptors (Lipinski definition) is 1. The lowest BCUT2D eigenvalue weighted by Gasteiger charge is -2.21. The first-order chi connectivity index (χ1) is 9.76. The van der Waals surface area contributed by atoms with Gasteiger partial charge in [0, 0.05) is 0 Å². The number of rotatable bonds is 1. The summed E-state index contributed by atoms with van der Waals surface area (Å²) >= 11 is 0. The zero-order valence-corrected chi connectivity index (χ0v) is 11.1. The van der Waals surface area contributed by atoms with E-state index in [1.165, 1.54) is 42.7 Å². The van der Waals surface area contributed by atoms with Crippen LogP contribution in [0.1, 0.15) is 30.5 Å². The van der Waals surface area contributed by atoms with E-state index in [1.807, 2.05) is 10.9 Å². The Morgan fingerprint density at radius 1 is 1.25 bits per heavy atom. The van der Waals surface area contributed by atoms with E-state index in [4.69, 9.17) is 0 Å². The summed E-state index contributed by atoms with van der Waals surface area (Å²) in [5, 5.41) is 4.52. The molecule has 3 aliphatic rings. The summed E-state index contributed by atoms with van der Waals surface area (Å²) < 4.78 is 15.0. The van der Waals surface area contributed by atoms with E-state index in [0.29, 0.717) is 5.41 Å². The fraction of sp³-hybridized carbons (Fsp3) is 0.353. The first-order valence-corrected chi connectivity index (χ1v) is 7.30. The summed E-state index contributed by atoms with van der Waals surface area (Å²) in [6.45, 7) is 0. The average Bonchev–Trinajstić information content (AvgIpc) is 2.83. The molecule has 0 bridgehead atoms. The van der Waals surface area contributed by atoms with Gasteiger partial charge >= 0.3 is 0 Å². The highest BCUT2D eigenvalue weighted by molar-refractivity contribution is 5.63. The molecule has 2 atom stereocenters. The molecule has 5 rings (SSSR count). The highest BCUT2D eigenvalue weighted by Gasteiger charge is 2.60. The van der Waals surface area contributed by atoms with E-state index in [9.17, 15) is 4.39 Å². The molecule has 2 fully saturated rings. The third-order valence-corrected chi connectivity index (χ3v) is 5.41. The van der Waals surface area contributed by atoms with Gasteiger partial charge in [-0.1, -0.05) is 5.57 Å². The van der Waals surface area contributed by atoms with Crippen LogP contribution in [0, 0.1) is 17.2 Å². The van der Waals surface area contributed by atoms with E-state index in [1.54, 1.807) is 17.7 Å². The van der Waals surface area contributed by atoms with Crippen molar-refractivity contribution in [2.75, 3.05) is 0 Å². The highest BCUT2D eigenvalue weighted by atomic mass is 19.1. The largest absolute Gasteiger partial charge is 0.233 e. The van der Waals surface area contributed by atoms with Gasteiger partial charge in [-0.25, -0.2) is 9.07 Å². The molecule has 3 aliphatic carbocycles. The van der Waals surface area contributed by atoms with Crippen LogP contribution in [-0.2, 0) is 6.42 Å². The zero-order valence-electron chi connectivity index (χ0n) is 11.1. The molecule has 20 heavy (non-hydrogen) atoms. The lowest BCUT2D eigenvalue weighted by atomic mass is 9.84. The number of nitrogens with zero attached hydrogens (tertiary/aromatic N) is 2. The smallest absolute Gasteiger partial charge is 0.123 e. The number of fused-ring (bicyclic) bond motifs is 1. The molecule has 1 unspecified atom stereocenters. The van der Waals surface area contributed by atoms with Crippen molar-refractivity contribution in [1.29, 1.82) is 0 Å². The fourth-order valence-electron chi connectivity index (χ4n) is 4.25. The first-order valence-electron chi connectivity index (χ1n) is 7.30. The molecule has 0 saturated heterocycles. The van der Waals surface area contributed by atoms with Gasteiger partial charge in [0.2, 0.25) is 0 Å². The zero-order chi connectivity index (χ0) is 13.3. The second-order valence-electron chi connectivity index (χ2n) is 6.39. The van der Waals surface area contributed by atoms with Gasteiger partial charge in [0.05, 0.1) is 17.6 Å². The van der Waals surface area contributed by atoms with Crippen LogP contribution >= 0.6 is 0 Å². The summed E-state index contributed by atoms with van der Waals surface area (Å²) in [7, 11) is 0. The van der Waals surface area contributed by atoms with Gasteiger partial charge in [-0.3, -0.25) is 0 Å². The number of benzene rings is 1. The van der Waals surface area contributed by atoms with Crippen LogP contribution in [0.25, 0.3) is 11.8 Å². The second kappa shape index (κ2) is 3.40. The van der Waals surface area contributed by atoms with E-state index in [2.05, 4.69) is 11.2 Å². The number of hydrogen-bond donors (Lipinski definition) is 0. The summed E-state index contributed by atoms with van der Waals surface area (Å²) in [5.41, 5.74) is 5.61. The fourth-order valence-corrected chi connectivity index (χ4v) is 4.25. The standard InChI is InChI=1S/C17H15FN2/c18-14-3-5-15(6-4-14)20-16-7-12-1-2-13-9-17(12,13)8-11(16)10-19-20/h3-7,10,13H,1-2,8-9H2/t13?,17-/m1/s1. The number of aromatic nitrogens is 2. The topological polar surface area (TPSA) is 17.8 Å². The van der Waals surface area contributed by atoms with Crippen LogP contribution in [-0.4, -0.2) is 9.78 Å². The van der Waals surface area contributed by atoms with Gasteiger partial charge in [-0.2, -0.15) is 5.10 Å². The predicted octanol–water partition coefficient (Wildman–Crippen LogP) is 3.75. The second-order valence-corrected chi connectivity index (χ2v) is 6.39. The lowest BCUT2D eigenvalue weighted by Crippen LogP contribution is -2.13. The van der Waals surface area contributed by atoms with Crippen molar-refractivity contribution in [1.82, 2.24) is 9.78 Å². The minimum absolute atomic E-state index is 0.205. The molecule has 1 aromatic carbocycles. The molecule has 0 aliphatic heterocycles. The highest BCUT2D eigenvalue weighted by Crippen LogP contribution is 2.69. The van der Waals surface area contributed by atoms with Crippen molar-refractivity contribution >= 4 is 6.08 Å². The van der Waals surface area contributed by atoms with Crippen LogP contribution in [0.3, 0.4) is 0 Å². The Kier molecular flexibility index (Phi) is 1.84. The van der Waals surface area contributed by atoms with E-state index < -0.39 is 0 Å². The monoisotopic (exact) mass is 266 g/mol. The third-order valence-electron chi connectivity index (χ3n) is 5.41. The van der Waals surface area contributed by atoms with Crippen molar-refractivity contribution < 1.29 is 4.39 Å². The minimum Gasteiger partial charge on any atom is -0.233 e. The van der Waals surface area contributed by atoms with Gasteiger partial charge in [0.25, 0.3) is 0 Å². The summed E-state index contributed by atoms with van der Waals surface area (Å²) in [4.78, 5) is 0. The molecular formula is C17H15FN2. The van der Waals surface area contributed by atoms with Crippen LogP contribution in [0.4, 0.5) is 4.39 Å². The van der Waals surface area contributed by atoms with Crippen LogP contribution in [0.15, 0.2) is 36.0 Å². The normalized spacial score (nSPS) is 29.4. The Morgan fingerprint density at radius 3 is 2.90 bits per heavy atom. The maximum absolute atomic E-state index is 13.1. The van der Waals surface area contributed by atoms with Crippen LogP contribution in [0.2, 0.25) is 0 Å². The molecule has 2 saturated carbocycles. The molecule has 3 heteroatoms. The van der Waals surface area contributed by atoms with Crippen LogP contribution in [0.5, 0.6) is 0 Å². The van der Waals surface area contributed by atoms with Gasteiger partial charge < -0.3 is 0 Å². The third kappa shape index (κ3) is 1.25. The van der Waals surface area contributed by atoms with Crippen molar-refractivity contribution in [3.8, 4) is 5.69 Å². The van der Waals surface area contributed by atoms with E-state index in [-0.39, 0.29) is 5.82 Å². The molecule has 100 valence electrons. The molecule has 0 amide bonds. The molecule has 1 spiro atoms. The Labute approximate surface area is 116 Å². The Morgan fingerprint density at radius 2 is 2.10 bits per heavy atom. The molecule has 1 heterocycles. The lowest BCUT2D eigenvalue weighted by molar-refractivity contribution is 0.580. The van der Waals surface area contributed by atoms with Gasteiger partial charge in [-0.05, 0) is 72.9 Å². The maximum Gasteiger partial charge on any atom is 0.123 e. The molecular weight excluding hydrogens is 251 g/mol. The van der Waals surface area contributed by atoms with Crippen molar-refractivity contribution in [2.24, 2.45) is 11.3 Å². The van der Waals surface area contributed by atoms with E-state index >= 15 is 0 Å². The maximum atomic E-state index is 13.1. The quantitative estimate of drug-likeness (QED) is 0.768. The average molecular weight is 266 g/mol. The van der Waals surface area contributed by atoms with E-state index in [0.717, 1.165) is 18.0 Å². The van der Waals surface area contributed by atoms with Crippen molar-refractivity contribution in [3.05, 3.63) is 53.1 Å². The molecule has 2 nitrogen and oxygen atoms in total. The molecule has 0 N–H and O–H groups in total. The number of halogens is 1. The minimum atomic E-state index is -0.205. The van der Waals surface area contributed by atoms with Crippen LogP contribution < -0.4 is 0 Å². The first kappa shape index (κ1) is 10.8. The Bertz CT molecular complexity index is 741. The molecule has 0 radical (unpaired) electrons. The summed E-state index contributed by atoms with van der Waals surface area (Å²) in [5.74, 6) is 0.722. The SMILES string of the molecule is Fc1ccc(-n2ncc3c2C=C2CCC4C[C@]24C3)cc1. The van der Waals surface area contributed by atoms with Crippen molar-refractivity contribution in [2.45, 2.75) is 25.7 Å². The van der Waals surface area contributed by atoms with Gasteiger partial charge in [-0.15, -0.1) is 0 Å². The van der Waals surface area contributed by atoms with Gasteiger partial charge in [0.15, 0.2) is 0 Å². The molecule has 1 aromatic heterocycles. The summed E-state index contributed by atoms with van der Waals surface area (Å²) in [6.07, 6.45) is 9.48. The van der Waals surface area contributed by atoms with Gasteiger partial charge in [0.1, 0.15) is 5.82 Å². The summed E-state index contributed by atoms with van der Waals surface area (Å²) in [6, 6.07) is 6.57. The Balaban J connectivity index is 1.64.